The van der Waals surface area contributed by atoms with Gasteiger partial charge in [0.15, 0.2) is 5.82 Å². The molecule has 90 valence electrons. The zero-order valence-corrected chi connectivity index (χ0v) is 9.60. The van der Waals surface area contributed by atoms with Gasteiger partial charge in [0, 0.05) is 5.56 Å². The molecule has 6 heteroatoms. The van der Waals surface area contributed by atoms with Gasteiger partial charge in [-0.15, -0.1) is 5.10 Å². The first-order chi connectivity index (χ1) is 8.31. The average molecular weight is 235 g/mol. The van der Waals surface area contributed by atoms with Crippen molar-refractivity contribution in [3.63, 3.8) is 0 Å². The number of benzene rings is 1. The predicted molar refractivity (Wildman–Crippen MR) is 60.7 cm³/mol. The van der Waals surface area contributed by atoms with Crippen LogP contribution in [0.25, 0.3) is 0 Å². The topological polar surface area (TPSA) is 55.6 Å². The maximum Gasteiger partial charge on any atom is 0.165 e. The van der Waals surface area contributed by atoms with Crippen LogP contribution in [0.15, 0.2) is 24.3 Å². The number of aromatic nitrogens is 4. The van der Waals surface area contributed by atoms with Crippen LogP contribution >= 0.6 is 0 Å². The lowest BCUT2D eigenvalue weighted by Crippen LogP contribution is -2.17. The second kappa shape index (κ2) is 5.49. The molecule has 1 heterocycles. The number of halogens is 1. The number of nitrogens with one attached hydrogen (secondary N) is 1. The zero-order valence-electron chi connectivity index (χ0n) is 9.60. The first kappa shape index (κ1) is 11.7. The Kier molecular flexibility index (Phi) is 3.77. The summed E-state index contributed by atoms with van der Waals surface area (Å²) in [6, 6.07) is 6.63. The van der Waals surface area contributed by atoms with E-state index in [2.05, 4.69) is 20.8 Å². The molecule has 0 bridgehead atoms. The summed E-state index contributed by atoms with van der Waals surface area (Å²) in [7, 11) is 0. The molecule has 0 saturated carbocycles. The van der Waals surface area contributed by atoms with E-state index in [9.17, 15) is 4.39 Å². The maximum atomic E-state index is 13.5. The van der Waals surface area contributed by atoms with Gasteiger partial charge in [-0.05, 0) is 23.0 Å². The number of hydrogen-bond donors (Lipinski definition) is 1. The monoisotopic (exact) mass is 235 g/mol. The molecule has 2 rings (SSSR count). The van der Waals surface area contributed by atoms with Crippen LogP contribution in [0, 0.1) is 5.82 Å². The summed E-state index contributed by atoms with van der Waals surface area (Å²) in [6.45, 7) is 3.77. The van der Waals surface area contributed by atoms with E-state index in [1.165, 1.54) is 6.07 Å². The molecule has 0 fully saturated rings. The van der Waals surface area contributed by atoms with Crippen LogP contribution in [0.1, 0.15) is 18.3 Å². The summed E-state index contributed by atoms with van der Waals surface area (Å²) in [5.41, 5.74) is 0.581. The van der Waals surface area contributed by atoms with E-state index in [-0.39, 0.29) is 5.82 Å². The van der Waals surface area contributed by atoms with Gasteiger partial charge in [0.05, 0.1) is 13.1 Å². The Morgan fingerprint density at radius 1 is 1.35 bits per heavy atom. The SMILES string of the molecule is CCNCc1nnnn1Cc1ccccc1F. The van der Waals surface area contributed by atoms with Crippen LogP contribution in [0.2, 0.25) is 0 Å². The van der Waals surface area contributed by atoms with E-state index in [0.29, 0.717) is 24.5 Å². The molecule has 5 nitrogen and oxygen atoms in total. The Balaban J connectivity index is 2.13. The highest BCUT2D eigenvalue weighted by Crippen LogP contribution is 2.08. The average Bonchev–Trinajstić information content (AvgIpc) is 2.77. The Morgan fingerprint density at radius 3 is 2.94 bits per heavy atom. The Bertz CT molecular complexity index is 482. The summed E-state index contributed by atoms with van der Waals surface area (Å²) in [4.78, 5) is 0. The van der Waals surface area contributed by atoms with Crippen molar-refractivity contribution in [2.24, 2.45) is 0 Å². The van der Waals surface area contributed by atoms with Gasteiger partial charge in [0.1, 0.15) is 5.82 Å². The summed E-state index contributed by atoms with van der Waals surface area (Å²) in [5, 5.41) is 14.5. The van der Waals surface area contributed by atoms with E-state index in [4.69, 9.17) is 0 Å². The fraction of sp³-hybridized carbons (Fsp3) is 0.364. The lowest BCUT2D eigenvalue weighted by atomic mass is 10.2. The van der Waals surface area contributed by atoms with Crippen LogP contribution in [-0.4, -0.2) is 26.8 Å². The van der Waals surface area contributed by atoms with Gasteiger partial charge in [-0.2, -0.15) is 0 Å². The highest BCUT2D eigenvalue weighted by atomic mass is 19.1. The van der Waals surface area contributed by atoms with E-state index in [1.807, 2.05) is 6.92 Å². The van der Waals surface area contributed by atoms with Gasteiger partial charge in [-0.3, -0.25) is 0 Å². The molecule has 0 spiro atoms. The van der Waals surface area contributed by atoms with Gasteiger partial charge < -0.3 is 5.32 Å². The summed E-state index contributed by atoms with van der Waals surface area (Å²) < 4.78 is 15.1. The normalized spacial score (nSPS) is 10.7. The van der Waals surface area contributed by atoms with Crippen molar-refractivity contribution in [3.05, 3.63) is 41.5 Å². The molecule has 17 heavy (non-hydrogen) atoms. The van der Waals surface area contributed by atoms with Crippen molar-refractivity contribution >= 4 is 0 Å². The third-order valence-electron chi connectivity index (χ3n) is 2.42. The summed E-state index contributed by atoms with van der Waals surface area (Å²) in [5.74, 6) is 0.465. The molecular formula is C11H14FN5. The molecule has 1 N–H and O–H groups in total. The zero-order chi connectivity index (χ0) is 12.1. The van der Waals surface area contributed by atoms with Gasteiger partial charge in [-0.1, -0.05) is 25.1 Å². The molecule has 0 aliphatic heterocycles. The molecule has 1 aromatic carbocycles. The minimum atomic E-state index is -0.239. The van der Waals surface area contributed by atoms with Gasteiger partial charge in [0.2, 0.25) is 0 Å². The number of nitrogens with zero attached hydrogens (tertiary/aromatic N) is 4. The van der Waals surface area contributed by atoms with Crippen LogP contribution in [0.3, 0.4) is 0 Å². The summed E-state index contributed by atoms with van der Waals surface area (Å²) in [6.07, 6.45) is 0. The number of hydrogen-bond acceptors (Lipinski definition) is 4. The number of tetrazole rings is 1. The summed E-state index contributed by atoms with van der Waals surface area (Å²) >= 11 is 0. The molecule has 0 saturated heterocycles. The Hall–Kier alpha value is -1.82. The van der Waals surface area contributed by atoms with Crippen molar-refractivity contribution in [1.82, 2.24) is 25.5 Å². The smallest absolute Gasteiger partial charge is 0.165 e. The molecule has 2 aromatic rings. The lowest BCUT2D eigenvalue weighted by Gasteiger charge is -2.05. The fourth-order valence-corrected chi connectivity index (χ4v) is 1.50. The third kappa shape index (κ3) is 2.85. The second-order valence-corrected chi connectivity index (χ2v) is 3.62. The highest BCUT2D eigenvalue weighted by Gasteiger charge is 2.08. The van der Waals surface area contributed by atoms with E-state index >= 15 is 0 Å². The molecule has 0 aliphatic carbocycles. The van der Waals surface area contributed by atoms with Crippen molar-refractivity contribution in [3.8, 4) is 0 Å². The largest absolute Gasteiger partial charge is 0.310 e. The Morgan fingerprint density at radius 2 is 2.18 bits per heavy atom. The van der Waals surface area contributed by atoms with Crippen LogP contribution in [0.5, 0.6) is 0 Å². The van der Waals surface area contributed by atoms with E-state index in [1.54, 1.807) is 22.9 Å². The second-order valence-electron chi connectivity index (χ2n) is 3.62. The van der Waals surface area contributed by atoms with Crippen LogP contribution < -0.4 is 5.32 Å². The van der Waals surface area contributed by atoms with E-state index < -0.39 is 0 Å². The van der Waals surface area contributed by atoms with Gasteiger partial charge in [-0.25, -0.2) is 9.07 Å². The van der Waals surface area contributed by atoms with Crippen molar-refractivity contribution in [2.75, 3.05) is 6.54 Å². The van der Waals surface area contributed by atoms with Gasteiger partial charge >= 0.3 is 0 Å². The van der Waals surface area contributed by atoms with Crippen molar-refractivity contribution in [1.29, 1.82) is 0 Å². The maximum absolute atomic E-state index is 13.5. The molecular weight excluding hydrogens is 221 g/mol. The van der Waals surface area contributed by atoms with Crippen molar-refractivity contribution in [2.45, 2.75) is 20.0 Å². The highest BCUT2D eigenvalue weighted by molar-refractivity contribution is 5.17. The first-order valence-electron chi connectivity index (χ1n) is 5.50. The van der Waals surface area contributed by atoms with E-state index in [0.717, 1.165) is 6.54 Å². The predicted octanol–water partition coefficient (Wildman–Crippen LogP) is 0.970. The van der Waals surface area contributed by atoms with Crippen LogP contribution in [0.4, 0.5) is 4.39 Å². The Labute approximate surface area is 98.6 Å². The molecule has 0 radical (unpaired) electrons. The third-order valence-corrected chi connectivity index (χ3v) is 2.42. The first-order valence-corrected chi connectivity index (χ1v) is 5.50. The lowest BCUT2D eigenvalue weighted by molar-refractivity contribution is 0.554. The van der Waals surface area contributed by atoms with Gasteiger partial charge in [0.25, 0.3) is 0 Å². The van der Waals surface area contributed by atoms with Crippen LogP contribution in [-0.2, 0) is 13.1 Å². The molecule has 0 unspecified atom stereocenters. The quantitative estimate of drug-likeness (QED) is 0.839. The molecule has 0 amide bonds. The molecule has 0 atom stereocenters. The number of rotatable bonds is 5. The van der Waals surface area contributed by atoms with Crippen molar-refractivity contribution < 1.29 is 4.39 Å². The minimum Gasteiger partial charge on any atom is -0.310 e. The molecule has 0 aliphatic rings. The molecule has 1 aromatic heterocycles. The standard InChI is InChI=1S/C11H14FN5/c1-2-13-7-11-14-15-16-17(11)8-9-5-3-4-6-10(9)12/h3-6,13H,2,7-8H2,1H3. The minimum absolute atomic E-state index is 0.239. The fourth-order valence-electron chi connectivity index (χ4n) is 1.50.